The second-order valence-corrected chi connectivity index (χ2v) is 12.6. The third-order valence-corrected chi connectivity index (χ3v) is 9.26. The molecule has 42 heavy (non-hydrogen) atoms. The van der Waals surface area contributed by atoms with Crippen LogP contribution in [0.1, 0.15) is 36.6 Å². The highest BCUT2D eigenvalue weighted by Gasteiger charge is 2.33. The van der Waals surface area contributed by atoms with Crippen molar-refractivity contribution in [1.82, 2.24) is 9.13 Å². The summed E-state index contributed by atoms with van der Waals surface area (Å²) in [4.78, 5) is 32.4. The number of fused-ring (bicyclic) bond motifs is 2. The Bertz CT molecular complexity index is 2080. The molecule has 0 N–H and O–H groups in total. The van der Waals surface area contributed by atoms with E-state index in [1.165, 1.54) is 11.3 Å². The molecule has 0 fully saturated rings. The van der Waals surface area contributed by atoms with Crippen molar-refractivity contribution in [3.8, 4) is 0 Å². The van der Waals surface area contributed by atoms with Gasteiger partial charge in [0.05, 0.1) is 28.5 Å². The molecule has 6 nitrogen and oxygen atoms in total. The lowest BCUT2D eigenvalue weighted by molar-refractivity contribution is -0.139. The van der Waals surface area contributed by atoms with E-state index in [4.69, 9.17) is 27.9 Å². The maximum Gasteiger partial charge on any atom is 0.338 e. The van der Waals surface area contributed by atoms with Gasteiger partial charge in [-0.25, -0.2) is 9.79 Å². The molecule has 1 aliphatic rings. The molecule has 0 amide bonds. The number of allylic oxidation sites excluding steroid dienone is 1. The van der Waals surface area contributed by atoms with Crippen LogP contribution in [0.2, 0.25) is 10.0 Å². The predicted molar refractivity (Wildman–Crippen MR) is 172 cm³/mol. The van der Waals surface area contributed by atoms with Gasteiger partial charge < -0.3 is 9.30 Å². The van der Waals surface area contributed by atoms with E-state index in [1.807, 2.05) is 72.9 Å². The number of hydrogen-bond acceptors (Lipinski definition) is 5. The molecule has 0 saturated heterocycles. The van der Waals surface area contributed by atoms with Gasteiger partial charge in [-0.05, 0) is 61.4 Å². The van der Waals surface area contributed by atoms with Gasteiger partial charge in [-0.15, -0.1) is 0 Å². The van der Waals surface area contributed by atoms with E-state index >= 15 is 0 Å². The van der Waals surface area contributed by atoms with Crippen LogP contribution in [0.5, 0.6) is 0 Å². The molecule has 0 saturated carbocycles. The van der Waals surface area contributed by atoms with Crippen LogP contribution in [-0.2, 0) is 16.1 Å². The fraction of sp³-hybridized carbons (Fsp3) is 0.156. The third kappa shape index (κ3) is 5.28. The van der Waals surface area contributed by atoms with Crippen LogP contribution in [0.3, 0.4) is 0 Å². The number of aromatic nitrogens is 2. The molecule has 3 heterocycles. The molecule has 0 unspecified atom stereocenters. The maximum absolute atomic E-state index is 14.1. The summed E-state index contributed by atoms with van der Waals surface area (Å²) in [6.45, 7) is 4.30. The Kier molecular flexibility index (Phi) is 7.98. The van der Waals surface area contributed by atoms with Crippen molar-refractivity contribution < 1.29 is 9.53 Å². The lowest BCUT2D eigenvalue weighted by atomic mass is 9.96. The van der Waals surface area contributed by atoms with E-state index in [9.17, 15) is 9.59 Å². The molecule has 1 aliphatic heterocycles. The summed E-state index contributed by atoms with van der Waals surface area (Å²) in [5.41, 5.74) is 4.29. The minimum atomic E-state index is -0.663. The van der Waals surface area contributed by atoms with E-state index in [-0.39, 0.29) is 12.2 Å². The van der Waals surface area contributed by atoms with Gasteiger partial charge in [0.15, 0.2) is 4.80 Å². The predicted octanol–water partition coefficient (Wildman–Crippen LogP) is 6.87. The summed E-state index contributed by atoms with van der Waals surface area (Å²) < 4.78 is 10.5. The SMILES string of the molecule is CCOC(=O)C1=C(C)N=c2s/c(=C\c3cn(Cc4ccc(Cl)cc4Cl)c4ccccc34)c(=O)n2[C@@H]1c1ccc(Br)cc1. The average molecular weight is 681 g/mol. The summed E-state index contributed by atoms with van der Waals surface area (Å²) in [5, 5.41) is 2.18. The third-order valence-electron chi connectivity index (χ3n) is 7.16. The summed E-state index contributed by atoms with van der Waals surface area (Å²) >= 11 is 17.4. The highest BCUT2D eigenvalue weighted by Crippen LogP contribution is 2.32. The van der Waals surface area contributed by atoms with E-state index in [2.05, 4.69) is 25.5 Å². The molecule has 1 atom stereocenters. The van der Waals surface area contributed by atoms with Crippen LogP contribution in [0.15, 0.2) is 98.5 Å². The number of hydrogen-bond donors (Lipinski definition) is 0. The first kappa shape index (κ1) is 28.7. The van der Waals surface area contributed by atoms with Gasteiger partial charge in [-0.3, -0.25) is 9.36 Å². The minimum Gasteiger partial charge on any atom is -0.463 e. The summed E-state index contributed by atoms with van der Waals surface area (Å²) in [7, 11) is 0. The van der Waals surface area contributed by atoms with E-state index < -0.39 is 12.0 Å². The van der Waals surface area contributed by atoms with Crippen molar-refractivity contribution in [3.05, 3.63) is 135 Å². The van der Waals surface area contributed by atoms with Crippen molar-refractivity contribution in [2.24, 2.45) is 4.99 Å². The molecule has 10 heteroatoms. The number of nitrogens with zero attached hydrogens (tertiary/aromatic N) is 3. The largest absolute Gasteiger partial charge is 0.463 e. The first-order chi connectivity index (χ1) is 20.2. The molecule has 212 valence electrons. The second-order valence-electron chi connectivity index (χ2n) is 9.82. The first-order valence-electron chi connectivity index (χ1n) is 13.2. The summed E-state index contributed by atoms with van der Waals surface area (Å²) in [6.07, 6.45) is 3.92. The Labute approximate surface area is 263 Å². The van der Waals surface area contributed by atoms with Crippen molar-refractivity contribution in [1.29, 1.82) is 0 Å². The van der Waals surface area contributed by atoms with Crippen molar-refractivity contribution in [3.63, 3.8) is 0 Å². The number of carbonyl (C=O) groups is 1. The fourth-order valence-electron chi connectivity index (χ4n) is 5.25. The standard InChI is InChI=1S/C32H24BrCl2N3O3S/c1-3-41-31(40)28-18(2)36-32-38(29(28)19-8-11-22(33)12-9-19)30(39)27(42-32)14-21-17-37(26-7-5-4-6-24(21)26)16-20-10-13-23(34)15-25(20)35/h4-15,17,29H,3,16H2,1-2H3/b27-14-/t29-/m1/s1. The number of esters is 1. The van der Waals surface area contributed by atoms with Crippen LogP contribution in [0.25, 0.3) is 17.0 Å². The van der Waals surface area contributed by atoms with Crippen LogP contribution in [-0.4, -0.2) is 21.7 Å². The normalized spacial score (nSPS) is 15.2. The number of carbonyl (C=O) groups excluding carboxylic acids is 1. The number of ether oxygens (including phenoxy) is 1. The zero-order chi connectivity index (χ0) is 29.5. The van der Waals surface area contributed by atoms with Gasteiger partial charge in [0, 0.05) is 43.7 Å². The van der Waals surface area contributed by atoms with Crippen LogP contribution < -0.4 is 14.9 Å². The van der Waals surface area contributed by atoms with Gasteiger partial charge in [0.2, 0.25) is 0 Å². The number of para-hydroxylation sites is 1. The molecule has 3 aromatic carbocycles. The van der Waals surface area contributed by atoms with Crippen LogP contribution in [0.4, 0.5) is 0 Å². The van der Waals surface area contributed by atoms with E-state index in [0.29, 0.717) is 37.2 Å². The number of benzene rings is 3. The molecule has 0 radical (unpaired) electrons. The van der Waals surface area contributed by atoms with E-state index in [0.717, 1.165) is 32.1 Å². The van der Waals surface area contributed by atoms with Gasteiger partial charge in [0.25, 0.3) is 5.56 Å². The molecule has 5 aromatic rings. The average Bonchev–Trinajstić information content (AvgIpc) is 3.46. The maximum atomic E-state index is 14.1. The molecule has 0 spiro atoms. The summed E-state index contributed by atoms with van der Waals surface area (Å²) in [6, 6.07) is 20.4. The number of halogens is 3. The quantitative estimate of drug-likeness (QED) is 0.184. The zero-order valence-corrected chi connectivity index (χ0v) is 26.5. The highest BCUT2D eigenvalue weighted by atomic mass is 79.9. The highest BCUT2D eigenvalue weighted by molar-refractivity contribution is 9.10. The number of rotatable bonds is 6. The topological polar surface area (TPSA) is 65.6 Å². The number of thiazole rings is 1. The van der Waals surface area contributed by atoms with Crippen molar-refractivity contribution in [2.75, 3.05) is 6.61 Å². The molecular formula is C32H24BrCl2N3O3S. The molecular weight excluding hydrogens is 657 g/mol. The minimum absolute atomic E-state index is 0.221. The van der Waals surface area contributed by atoms with Crippen LogP contribution in [0, 0.1) is 0 Å². The Morgan fingerprint density at radius 3 is 2.62 bits per heavy atom. The van der Waals surface area contributed by atoms with Gasteiger partial charge in [-0.1, -0.05) is 86.9 Å². The Morgan fingerprint density at radius 2 is 1.88 bits per heavy atom. The van der Waals surface area contributed by atoms with Gasteiger partial charge in [-0.2, -0.15) is 0 Å². The summed E-state index contributed by atoms with van der Waals surface area (Å²) in [5.74, 6) is -0.482. The van der Waals surface area contributed by atoms with Crippen molar-refractivity contribution >= 4 is 73.4 Å². The Hall–Kier alpha value is -3.43. The van der Waals surface area contributed by atoms with Crippen molar-refractivity contribution in [2.45, 2.75) is 26.4 Å². The molecule has 0 bridgehead atoms. The molecule has 2 aromatic heterocycles. The van der Waals surface area contributed by atoms with Gasteiger partial charge in [0.1, 0.15) is 0 Å². The van der Waals surface area contributed by atoms with E-state index in [1.54, 1.807) is 24.5 Å². The lowest BCUT2D eigenvalue weighted by Gasteiger charge is -2.24. The van der Waals surface area contributed by atoms with Gasteiger partial charge >= 0.3 is 5.97 Å². The molecule has 6 rings (SSSR count). The monoisotopic (exact) mass is 679 g/mol. The van der Waals surface area contributed by atoms with Crippen LogP contribution >= 0.6 is 50.5 Å². The first-order valence-corrected chi connectivity index (χ1v) is 15.6. The Morgan fingerprint density at radius 1 is 1.12 bits per heavy atom. The zero-order valence-electron chi connectivity index (χ0n) is 22.6. The second kappa shape index (κ2) is 11.7. The lowest BCUT2D eigenvalue weighted by Crippen LogP contribution is -2.39. The molecule has 0 aliphatic carbocycles. The fourth-order valence-corrected chi connectivity index (χ4v) is 7.02. The smallest absolute Gasteiger partial charge is 0.338 e. The Balaban J connectivity index is 1.51.